The van der Waals surface area contributed by atoms with Crippen LogP contribution in [0.3, 0.4) is 0 Å². The van der Waals surface area contributed by atoms with Crippen LogP contribution in [0.4, 0.5) is 17.1 Å². The Labute approximate surface area is 306 Å². The summed E-state index contributed by atoms with van der Waals surface area (Å²) in [6.45, 7) is 6.20. The van der Waals surface area contributed by atoms with E-state index in [1.54, 1.807) is 0 Å². The van der Waals surface area contributed by atoms with Crippen molar-refractivity contribution in [3.8, 4) is 22.3 Å². The molecular weight excluding hydrogens is 627 g/mol. The zero-order valence-corrected chi connectivity index (χ0v) is 29.9. The topological polar surface area (TPSA) is 3.24 Å². The Morgan fingerprint density at radius 1 is 0.346 bits per heavy atom. The third-order valence-electron chi connectivity index (χ3n) is 9.95. The summed E-state index contributed by atoms with van der Waals surface area (Å²) in [7, 11) is 0. The Balaban J connectivity index is 0.000000922. The monoisotopic (exact) mass is 667 g/mol. The van der Waals surface area contributed by atoms with Gasteiger partial charge >= 0.3 is 0 Å². The van der Waals surface area contributed by atoms with Crippen LogP contribution in [0.25, 0.3) is 65.3 Å². The lowest BCUT2D eigenvalue weighted by Crippen LogP contribution is -2.09. The van der Waals surface area contributed by atoms with Crippen LogP contribution in [0.1, 0.15) is 19.4 Å². The Morgan fingerprint density at radius 2 is 0.788 bits per heavy atom. The summed E-state index contributed by atoms with van der Waals surface area (Å²) in [5.74, 6) is 0. The normalized spacial score (nSPS) is 11.3. The van der Waals surface area contributed by atoms with Gasteiger partial charge in [-0.25, -0.2) is 0 Å². The molecule has 0 heterocycles. The van der Waals surface area contributed by atoms with Crippen molar-refractivity contribution in [2.45, 2.75) is 20.8 Å². The zero-order valence-electron chi connectivity index (χ0n) is 29.9. The van der Waals surface area contributed by atoms with Crippen molar-refractivity contribution in [1.82, 2.24) is 0 Å². The van der Waals surface area contributed by atoms with Crippen molar-refractivity contribution < 1.29 is 0 Å². The van der Waals surface area contributed by atoms with Crippen molar-refractivity contribution in [2.24, 2.45) is 0 Å². The first-order valence-corrected chi connectivity index (χ1v) is 18.1. The van der Waals surface area contributed by atoms with Crippen molar-refractivity contribution in [3.05, 3.63) is 200 Å². The molecule has 0 fully saturated rings. The van der Waals surface area contributed by atoms with Gasteiger partial charge in [-0.05, 0) is 135 Å². The predicted molar refractivity (Wildman–Crippen MR) is 227 cm³/mol. The minimum absolute atomic E-state index is 1.12. The fourth-order valence-corrected chi connectivity index (χ4v) is 7.38. The average molecular weight is 668 g/mol. The van der Waals surface area contributed by atoms with Crippen LogP contribution in [0, 0.1) is 6.92 Å². The molecule has 1 heteroatoms. The highest BCUT2D eigenvalue weighted by molar-refractivity contribution is 6.22. The van der Waals surface area contributed by atoms with E-state index in [-0.39, 0.29) is 0 Å². The van der Waals surface area contributed by atoms with Gasteiger partial charge in [-0.15, -0.1) is 0 Å². The Hall–Kier alpha value is -6.44. The van der Waals surface area contributed by atoms with Gasteiger partial charge in [0, 0.05) is 17.1 Å². The van der Waals surface area contributed by atoms with Gasteiger partial charge < -0.3 is 4.90 Å². The lowest BCUT2D eigenvalue weighted by Gasteiger charge is -2.27. The third kappa shape index (κ3) is 6.23. The SMILES string of the molecule is C/C=C\C.Cc1ccc2c(-c3ccc4ccccc4c3)c3cc(N(c4ccccc4)c4ccccc4)ccc3c(-c3ccc4ccccc4c3)c2c1. The number of nitrogens with zero attached hydrogens (tertiary/aromatic N) is 1. The number of allylic oxidation sites excluding steroid dienone is 2. The minimum Gasteiger partial charge on any atom is -0.310 e. The first-order valence-electron chi connectivity index (χ1n) is 18.1. The molecule has 0 radical (unpaired) electrons. The number of anilines is 3. The van der Waals surface area contributed by atoms with Crippen LogP contribution in [0.2, 0.25) is 0 Å². The summed E-state index contributed by atoms with van der Waals surface area (Å²) < 4.78 is 0. The molecule has 0 atom stereocenters. The molecule has 0 aromatic heterocycles. The van der Waals surface area contributed by atoms with E-state index in [4.69, 9.17) is 0 Å². The summed E-state index contributed by atoms with van der Waals surface area (Å²) in [5, 5.41) is 10.0. The molecule has 0 aliphatic heterocycles. The summed E-state index contributed by atoms with van der Waals surface area (Å²) in [6, 6.07) is 66.5. The number of rotatable bonds is 5. The third-order valence-corrected chi connectivity index (χ3v) is 9.95. The quantitative estimate of drug-likeness (QED) is 0.130. The number of hydrogen-bond acceptors (Lipinski definition) is 1. The predicted octanol–water partition coefficient (Wildman–Crippen LogP) is 15.0. The van der Waals surface area contributed by atoms with E-state index < -0.39 is 0 Å². The Morgan fingerprint density at radius 3 is 1.29 bits per heavy atom. The lowest BCUT2D eigenvalue weighted by molar-refractivity contribution is 1.29. The van der Waals surface area contributed by atoms with E-state index in [0.717, 1.165) is 17.1 Å². The second-order valence-electron chi connectivity index (χ2n) is 13.3. The largest absolute Gasteiger partial charge is 0.310 e. The summed E-state index contributed by atoms with van der Waals surface area (Å²) in [6.07, 6.45) is 4.00. The minimum atomic E-state index is 1.12. The molecule has 250 valence electrons. The summed E-state index contributed by atoms with van der Waals surface area (Å²) in [5.41, 5.74) is 9.62. The van der Waals surface area contributed by atoms with Gasteiger partial charge in [0.05, 0.1) is 0 Å². The van der Waals surface area contributed by atoms with E-state index in [2.05, 4.69) is 194 Å². The number of aryl methyl sites for hydroxylation is 1. The van der Waals surface area contributed by atoms with Gasteiger partial charge in [-0.1, -0.05) is 151 Å². The number of hydrogen-bond donors (Lipinski definition) is 0. The van der Waals surface area contributed by atoms with E-state index in [0.29, 0.717) is 0 Å². The maximum absolute atomic E-state index is 2.41. The average Bonchev–Trinajstić information content (AvgIpc) is 3.20. The Kier molecular flexibility index (Phi) is 9.08. The van der Waals surface area contributed by atoms with Crippen LogP contribution in [0.15, 0.2) is 194 Å². The smallest absolute Gasteiger partial charge is 0.0468 e. The fourth-order valence-electron chi connectivity index (χ4n) is 7.38. The number of fused-ring (bicyclic) bond motifs is 4. The van der Waals surface area contributed by atoms with Crippen LogP contribution >= 0.6 is 0 Å². The molecule has 0 saturated heterocycles. The lowest BCUT2D eigenvalue weighted by atomic mass is 9.84. The standard InChI is InChI=1S/C47H33N.C4H8/c1-32-20-26-42-44(28-32)46(37-23-21-33-12-8-10-14-35(33)29-37)43-27-25-41(48(39-16-4-2-5-17-39)40-18-6-3-7-19-40)31-45(43)47(42)38-24-22-34-13-9-11-15-36(34)30-38;1-3-4-2/h2-31H,1H3;3-4H,1-2H3/b;4-3-. The number of benzene rings is 9. The molecule has 0 amide bonds. The van der Waals surface area contributed by atoms with Crippen molar-refractivity contribution in [1.29, 1.82) is 0 Å². The van der Waals surface area contributed by atoms with E-state index in [9.17, 15) is 0 Å². The molecule has 52 heavy (non-hydrogen) atoms. The highest BCUT2D eigenvalue weighted by Crippen LogP contribution is 2.47. The zero-order chi connectivity index (χ0) is 35.4. The highest BCUT2D eigenvalue weighted by Gasteiger charge is 2.20. The molecule has 0 unspecified atom stereocenters. The molecule has 0 saturated carbocycles. The van der Waals surface area contributed by atoms with Gasteiger partial charge in [-0.2, -0.15) is 0 Å². The fraction of sp³-hybridized carbons (Fsp3) is 0.0588. The van der Waals surface area contributed by atoms with Gasteiger partial charge in [-0.3, -0.25) is 0 Å². The molecule has 9 aromatic rings. The van der Waals surface area contributed by atoms with Gasteiger partial charge in [0.15, 0.2) is 0 Å². The van der Waals surface area contributed by atoms with E-state index >= 15 is 0 Å². The molecule has 0 bridgehead atoms. The molecule has 0 aliphatic carbocycles. The summed E-state index contributed by atoms with van der Waals surface area (Å²) in [4.78, 5) is 2.36. The maximum atomic E-state index is 2.41. The first kappa shape index (κ1) is 32.7. The molecule has 9 aromatic carbocycles. The van der Waals surface area contributed by atoms with E-state index in [1.165, 1.54) is 70.9 Å². The van der Waals surface area contributed by atoms with Crippen molar-refractivity contribution in [2.75, 3.05) is 4.90 Å². The maximum Gasteiger partial charge on any atom is 0.0468 e. The van der Waals surface area contributed by atoms with Gasteiger partial charge in [0.2, 0.25) is 0 Å². The molecule has 0 spiro atoms. The van der Waals surface area contributed by atoms with Crippen LogP contribution < -0.4 is 4.90 Å². The molecular formula is C51H41N. The molecule has 0 N–H and O–H groups in total. The van der Waals surface area contributed by atoms with Gasteiger partial charge in [0.25, 0.3) is 0 Å². The highest BCUT2D eigenvalue weighted by atomic mass is 15.1. The molecule has 0 aliphatic rings. The Bertz CT molecular complexity index is 2660. The molecule has 1 nitrogen and oxygen atoms in total. The van der Waals surface area contributed by atoms with Crippen LogP contribution in [-0.4, -0.2) is 0 Å². The number of para-hydroxylation sites is 2. The van der Waals surface area contributed by atoms with Crippen molar-refractivity contribution in [3.63, 3.8) is 0 Å². The van der Waals surface area contributed by atoms with E-state index in [1.807, 2.05) is 26.0 Å². The van der Waals surface area contributed by atoms with Crippen LogP contribution in [0.5, 0.6) is 0 Å². The van der Waals surface area contributed by atoms with Crippen molar-refractivity contribution >= 4 is 60.2 Å². The van der Waals surface area contributed by atoms with Gasteiger partial charge in [0.1, 0.15) is 0 Å². The van der Waals surface area contributed by atoms with Crippen LogP contribution in [-0.2, 0) is 0 Å². The second kappa shape index (κ2) is 14.4. The second-order valence-corrected chi connectivity index (χ2v) is 13.3. The first-order chi connectivity index (χ1) is 25.6. The summed E-state index contributed by atoms with van der Waals surface area (Å²) >= 11 is 0. The molecule has 9 rings (SSSR count).